The standard InChI is InChI=1S/C5H11N3S/c1-4-7-5(9-3)8-6-2/h4H2,1-3H3/b7-5+,8-6-. The largest absolute Gasteiger partial charge is 0.260 e. The van der Waals surface area contributed by atoms with Gasteiger partial charge in [-0.3, -0.25) is 4.99 Å². The summed E-state index contributed by atoms with van der Waals surface area (Å²) in [6.45, 7) is 2.75. The molecule has 0 saturated carbocycles. The lowest BCUT2D eigenvalue weighted by molar-refractivity contribution is 1.11. The molecule has 0 aromatic rings. The molecule has 0 N–H and O–H groups in total. The minimum absolute atomic E-state index is 0.750. The second kappa shape index (κ2) is 5.75. The van der Waals surface area contributed by atoms with Gasteiger partial charge < -0.3 is 0 Å². The summed E-state index contributed by atoms with van der Waals surface area (Å²) in [4.78, 5) is 4.05. The lowest BCUT2D eigenvalue weighted by Crippen LogP contribution is -1.84. The second-order valence-corrected chi connectivity index (χ2v) is 2.03. The normalized spacial score (nSPS) is 13.0. The molecule has 9 heavy (non-hydrogen) atoms. The highest BCUT2D eigenvalue weighted by atomic mass is 32.2. The summed E-state index contributed by atoms with van der Waals surface area (Å²) in [6.07, 6.45) is 1.93. The summed E-state index contributed by atoms with van der Waals surface area (Å²) in [5.74, 6) is 0. The maximum absolute atomic E-state index is 4.05. The number of hydrogen-bond donors (Lipinski definition) is 0. The van der Waals surface area contributed by atoms with Gasteiger partial charge in [0.2, 0.25) is 5.17 Å². The number of azo groups is 1. The third kappa shape index (κ3) is 4.14. The molecule has 0 aliphatic rings. The Kier molecular flexibility index (Phi) is 5.51. The molecule has 0 amide bonds. The molecule has 52 valence electrons. The van der Waals surface area contributed by atoms with E-state index in [9.17, 15) is 0 Å². The zero-order chi connectivity index (χ0) is 7.11. The average Bonchev–Trinajstić information content (AvgIpc) is 1.88. The van der Waals surface area contributed by atoms with Crippen LogP contribution in [0.1, 0.15) is 6.92 Å². The smallest absolute Gasteiger partial charge is 0.203 e. The van der Waals surface area contributed by atoms with Gasteiger partial charge in [-0.1, -0.05) is 11.8 Å². The Labute approximate surface area is 59.7 Å². The third-order valence-electron chi connectivity index (χ3n) is 0.661. The first-order valence-corrected chi connectivity index (χ1v) is 3.95. The van der Waals surface area contributed by atoms with E-state index in [1.54, 1.807) is 7.05 Å². The van der Waals surface area contributed by atoms with Crippen LogP contribution < -0.4 is 0 Å². The predicted octanol–water partition coefficient (Wildman–Crippen LogP) is 1.81. The van der Waals surface area contributed by atoms with Gasteiger partial charge in [0, 0.05) is 13.6 Å². The molecule has 0 aliphatic heterocycles. The molecule has 0 aliphatic carbocycles. The lowest BCUT2D eigenvalue weighted by Gasteiger charge is -1.89. The van der Waals surface area contributed by atoms with Crippen LogP contribution in [-0.4, -0.2) is 25.0 Å². The highest BCUT2D eigenvalue weighted by molar-refractivity contribution is 8.13. The number of nitrogens with zero attached hydrogens (tertiary/aromatic N) is 3. The van der Waals surface area contributed by atoms with Crippen LogP contribution >= 0.6 is 11.8 Å². The van der Waals surface area contributed by atoms with Crippen LogP contribution in [0.5, 0.6) is 0 Å². The van der Waals surface area contributed by atoms with E-state index < -0.39 is 0 Å². The quantitative estimate of drug-likeness (QED) is 0.315. The molecule has 0 atom stereocenters. The Morgan fingerprint density at radius 1 is 1.56 bits per heavy atom. The van der Waals surface area contributed by atoms with Crippen LogP contribution in [0.4, 0.5) is 0 Å². The van der Waals surface area contributed by atoms with Crippen LogP contribution in [0, 0.1) is 0 Å². The van der Waals surface area contributed by atoms with Crippen molar-refractivity contribution in [3.63, 3.8) is 0 Å². The van der Waals surface area contributed by atoms with Gasteiger partial charge in [0.15, 0.2) is 0 Å². The van der Waals surface area contributed by atoms with Gasteiger partial charge in [-0.05, 0) is 13.2 Å². The molecular weight excluding hydrogens is 134 g/mol. The molecule has 0 radical (unpaired) electrons. The first kappa shape index (κ1) is 8.62. The zero-order valence-electron chi connectivity index (χ0n) is 5.96. The minimum atomic E-state index is 0.750. The SMILES string of the molecule is CC/N=C(\N=N/C)SC. The number of rotatable bonds is 1. The predicted molar refractivity (Wildman–Crippen MR) is 42.3 cm³/mol. The molecule has 4 heteroatoms. The number of aliphatic imine (C=N–C) groups is 1. The Balaban J connectivity index is 3.81. The Hall–Kier alpha value is -0.380. The van der Waals surface area contributed by atoms with E-state index in [4.69, 9.17) is 0 Å². The number of amidine groups is 1. The molecule has 0 fully saturated rings. The molecule has 0 saturated heterocycles. The molecule has 0 aromatic carbocycles. The Bertz CT molecular complexity index is 119. The van der Waals surface area contributed by atoms with E-state index in [0.717, 1.165) is 11.7 Å². The molecule has 0 rings (SSSR count). The molecule has 0 unspecified atom stereocenters. The van der Waals surface area contributed by atoms with Crippen LogP contribution in [0.25, 0.3) is 0 Å². The van der Waals surface area contributed by atoms with Crippen molar-refractivity contribution < 1.29 is 0 Å². The number of thioether (sulfide) groups is 1. The van der Waals surface area contributed by atoms with Gasteiger partial charge in [0.05, 0.1) is 0 Å². The van der Waals surface area contributed by atoms with Crippen molar-refractivity contribution in [3.8, 4) is 0 Å². The van der Waals surface area contributed by atoms with E-state index in [0.29, 0.717) is 0 Å². The minimum Gasteiger partial charge on any atom is -0.260 e. The van der Waals surface area contributed by atoms with Gasteiger partial charge in [0.1, 0.15) is 0 Å². The molecule has 3 nitrogen and oxygen atoms in total. The second-order valence-electron chi connectivity index (χ2n) is 1.26. The van der Waals surface area contributed by atoms with Crippen molar-refractivity contribution in [2.24, 2.45) is 15.2 Å². The van der Waals surface area contributed by atoms with Crippen molar-refractivity contribution in [1.82, 2.24) is 0 Å². The van der Waals surface area contributed by atoms with Gasteiger partial charge in [-0.15, -0.1) is 5.11 Å². The number of hydrogen-bond acceptors (Lipinski definition) is 3. The van der Waals surface area contributed by atoms with Gasteiger partial charge >= 0.3 is 0 Å². The summed E-state index contributed by atoms with van der Waals surface area (Å²) in [7, 11) is 1.64. The first-order valence-electron chi connectivity index (χ1n) is 2.73. The lowest BCUT2D eigenvalue weighted by atomic mass is 10.8. The molecule has 0 spiro atoms. The Morgan fingerprint density at radius 3 is 2.56 bits per heavy atom. The monoisotopic (exact) mass is 145 g/mol. The fraction of sp³-hybridized carbons (Fsp3) is 0.800. The van der Waals surface area contributed by atoms with E-state index in [1.165, 1.54) is 11.8 Å². The van der Waals surface area contributed by atoms with Crippen molar-refractivity contribution >= 4 is 16.9 Å². The van der Waals surface area contributed by atoms with Gasteiger partial charge in [-0.2, -0.15) is 5.11 Å². The van der Waals surface area contributed by atoms with E-state index in [-0.39, 0.29) is 0 Å². The summed E-state index contributed by atoms with van der Waals surface area (Å²) >= 11 is 1.51. The summed E-state index contributed by atoms with van der Waals surface area (Å²) in [6, 6.07) is 0. The average molecular weight is 145 g/mol. The Morgan fingerprint density at radius 2 is 2.22 bits per heavy atom. The summed E-state index contributed by atoms with van der Waals surface area (Å²) < 4.78 is 0. The highest BCUT2D eigenvalue weighted by Crippen LogP contribution is 1.99. The summed E-state index contributed by atoms with van der Waals surface area (Å²) in [5.41, 5.74) is 0. The molecular formula is C5H11N3S. The maximum Gasteiger partial charge on any atom is 0.203 e. The van der Waals surface area contributed by atoms with Crippen LogP contribution in [0.15, 0.2) is 15.2 Å². The summed E-state index contributed by atoms with van der Waals surface area (Å²) in [5, 5.41) is 8.12. The maximum atomic E-state index is 4.05. The van der Waals surface area contributed by atoms with Crippen LogP contribution in [0.3, 0.4) is 0 Å². The third-order valence-corrected chi connectivity index (χ3v) is 1.24. The van der Waals surface area contributed by atoms with Crippen molar-refractivity contribution in [3.05, 3.63) is 0 Å². The fourth-order valence-electron chi connectivity index (χ4n) is 0.358. The fourth-order valence-corrected chi connectivity index (χ4v) is 0.779. The first-order chi connectivity index (χ1) is 4.35. The van der Waals surface area contributed by atoms with Crippen molar-refractivity contribution in [1.29, 1.82) is 0 Å². The van der Waals surface area contributed by atoms with Gasteiger partial charge in [-0.25, -0.2) is 0 Å². The topological polar surface area (TPSA) is 37.1 Å². The van der Waals surface area contributed by atoms with Gasteiger partial charge in [0.25, 0.3) is 0 Å². The van der Waals surface area contributed by atoms with Crippen molar-refractivity contribution in [2.75, 3.05) is 19.8 Å². The molecule has 0 bridgehead atoms. The van der Waals surface area contributed by atoms with Crippen LogP contribution in [-0.2, 0) is 0 Å². The van der Waals surface area contributed by atoms with E-state index >= 15 is 0 Å². The van der Waals surface area contributed by atoms with Crippen LogP contribution in [0.2, 0.25) is 0 Å². The van der Waals surface area contributed by atoms with E-state index in [2.05, 4.69) is 15.2 Å². The highest BCUT2D eigenvalue weighted by Gasteiger charge is 1.87. The van der Waals surface area contributed by atoms with E-state index in [1.807, 2.05) is 13.2 Å². The van der Waals surface area contributed by atoms with Crippen molar-refractivity contribution in [2.45, 2.75) is 6.92 Å². The molecule has 0 heterocycles. The molecule has 0 aromatic heterocycles. The zero-order valence-corrected chi connectivity index (χ0v) is 6.77.